The lowest BCUT2D eigenvalue weighted by Gasteiger charge is -2.44. The van der Waals surface area contributed by atoms with Gasteiger partial charge in [-0.25, -0.2) is 4.98 Å². The van der Waals surface area contributed by atoms with Crippen LogP contribution in [0.3, 0.4) is 0 Å². The Morgan fingerprint density at radius 3 is 2.34 bits per heavy atom. The second kappa shape index (κ2) is 19.4. The molecule has 9 rings (SSSR count). The molecule has 0 saturated carbocycles. The summed E-state index contributed by atoms with van der Waals surface area (Å²) in [5.74, 6) is 1.68. The third kappa shape index (κ3) is 10.0. The Labute approximate surface area is 389 Å². The number of anilines is 6. The smallest absolute Gasteiger partial charge is 0.234 e. The highest BCUT2D eigenvalue weighted by molar-refractivity contribution is 9.10. The number of aryl methyl sites for hydroxylation is 1. The van der Waals surface area contributed by atoms with E-state index in [4.69, 9.17) is 9.72 Å². The van der Waals surface area contributed by atoms with Crippen LogP contribution in [0.1, 0.15) is 56.1 Å². The monoisotopic (exact) mass is 963 g/mol. The van der Waals surface area contributed by atoms with Crippen LogP contribution in [-0.4, -0.2) is 127 Å². The van der Waals surface area contributed by atoms with Crippen molar-refractivity contribution in [1.82, 2.24) is 35.1 Å². The quantitative estimate of drug-likeness (QED) is 0.0808. The minimum Gasteiger partial charge on any atom is -0.494 e. The number of imide groups is 1. The predicted octanol–water partition coefficient (Wildman–Crippen LogP) is 7.12. The summed E-state index contributed by atoms with van der Waals surface area (Å²) in [6.45, 7) is 15.4. The number of benzene rings is 3. The molecule has 4 fully saturated rings. The molecule has 4 aliphatic heterocycles. The first-order chi connectivity index (χ1) is 31.4. The lowest BCUT2D eigenvalue weighted by atomic mass is 9.90. The van der Waals surface area contributed by atoms with Gasteiger partial charge in [0.15, 0.2) is 0 Å². The Kier molecular flexibility index (Phi) is 13.4. The topological polar surface area (TPSA) is 161 Å². The number of piperidine rings is 2. The van der Waals surface area contributed by atoms with Crippen LogP contribution in [0.4, 0.5) is 34.5 Å². The number of fused-ring (bicyclic) bond motifs is 1. The van der Waals surface area contributed by atoms with Crippen LogP contribution in [0, 0.1) is 5.92 Å². The zero-order chi connectivity index (χ0) is 45.2. The van der Waals surface area contributed by atoms with Gasteiger partial charge in [-0.15, -0.1) is 0 Å². The fourth-order valence-corrected chi connectivity index (χ4v) is 11.9. The van der Waals surface area contributed by atoms with Crippen molar-refractivity contribution in [3.8, 4) is 5.75 Å². The average molecular weight is 965 g/mol. The number of halogens is 1. The number of amides is 2. The number of ether oxygens (including phenoxy) is 1. The molecular weight excluding hydrogens is 905 g/mol. The summed E-state index contributed by atoms with van der Waals surface area (Å²) in [6, 6.07) is 17.1. The van der Waals surface area contributed by atoms with E-state index in [1.807, 2.05) is 12.1 Å². The summed E-state index contributed by atoms with van der Waals surface area (Å²) < 4.78 is 20.2. The summed E-state index contributed by atoms with van der Waals surface area (Å²) in [6.07, 6.45) is 10.2. The molecule has 6 heterocycles. The molecule has 2 atom stereocenters. The van der Waals surface area contributed by atoms with Crippen molar-refractivity contribution >= 4 is 85.7 Å². The number of methoxy groups -OCH3 is 1. The molecule has 3 aromatic carbocycles. The lowest BCUT2D eigenvalue weighted by Crippen LogP contribution is -2.54. The molecule has 15 nitrogen and oxygen atoms in total. The molecule has 0 aliphatic carbocycles. The van der Waals surface area contributed by atoms with E-state index in [-0.39, 0.29) is 17.7 Å². The van der Waals surface area contributed by atoms with Gasteiger partial charge < -0.3 is 34.6 Å². The molecule has 0 radical (unpaired) electrons. The third-order valence-corrected chi connectivity index (χ3v) is 15.7. The van der Waals surface area contributed by atoms with Gasteiger partial charge in [-0.3, -0.25) is 29.8 Å². The van der Waals surface area contributed by atoms with Gasteiger partial charge in [0.05, 0.1) is 39.7 Å². The zero-order valence-electron chi connectivity index (χ0n) is 37.7. The first-order valence-corrected chi connectivity index (χ1v) is 26.3. The summed E-state index contributed by atoms with van der Waals surface area (Å²) in [7, 11) is -1.07. The van der Waals surface area contributed by atoms with Crippen molar-refractivity contribution in [3.63, 3.8) is 0 Å². The van der Waals surface area contributed by atoms with Crippen LogP contribution in [-0.2, 0) is 20.6 Å². The van der Waals surface area contributed by atoms with Crippen LogP contribution in [0.15, 0.2) is 71.6 Å². The maximum absolute atomic E-state index is 13.5. The number of rotatable bonds is 13. The van der Waals surface area contributed by atoms with Gasteiger partial charge in [0.25, 0.3) is 0 Å². The predicted molar refractivity (Wildman–Crippen MR) is 262 cm³/mol. The molecule has 17 heteroatoms. The van der Waals surface area contributed by atoms with E-state index in [0.29, 0.717) is 63.1 Å². The van der Waals surface area contributed by atoms with Crippen molar-refractivity contribution in [3.05, 3.63) is 82.7 Å². The number of piperazine rings is 1. The van der Waals surface area contributed by atoms with E-state index in [0.717, 1.165) is 95.2 Å². The Morgan fingerprint density at radius 1 is 0.862 bits per heavy atom. The molecule has 65 heavy (non-hydrogen) atoms. The Bertz CT molecular complexity index is 2600. The fraction of sp³-hybridized carbons (Fsp3) is 0.458. The van der Waals surface area contributed by atoms with Crippen molar-refractivity contribution in [2.75, 3.05) is 99.8 Å². The van der Waals surface area contributed by atoms with E-state index >= 15 is 0 Å². The van der Waals surface area contributed by atoms with Gasteiger partial charge in [-0.1, -0.05) is 19.1 Å². The van der Waals surface area contributed by atoms with Gasteiger partial charge in [-0.2, -0.15) is 4.98 Å². The maximum Gasteiger partial charge on any atom is 0.234 e. The minimum atomic E-state index is -2.77. The van der Waals surface area contributed by atoms with Crippen molar-refractivity contribution in [1.29, 1.82) is 0 Å². The normalized spacial score (nSPS) is 20.3. The molecule has 3 N–H and O–H groups in total. The zero-order valence-corrected chi connectivity index (χ0v) is 40.2. The summed E-state index contributed by atoms with van der Waals surface area (Å²) in [5.41, 5.74) is 7.37. The van der Waals surface area contributed by atoms with E-state index in [1.165, 1.54) is 23.4 Å². The Balaban J connectivity index is 0.777. The molecular formula is C48H59BrN11O4P. The fourth-order valence-electron chi connectivity index (χ4n) is 10.2. The largest absolute Gasteiger partial charge is 0.494 e. The molecule has 0 spiro atoms. The second-order valence-corrected chi connectivity index (χ2v) is 22.2. The number of nitrogens with zero attached hydrogens (tertiary/aromatic N) is 8. The molecule has 342 valence electrons. The Hall–Kier alpha value is -5.15. The van der Waals surface area contributed by atoms with Crippen molar-refractivity contribution < 1.29 is 18.9 Å². The minimum absolute atomic E-state index is 0.174. The lowest BCUT2D eigenvalue weighted by molar-refractivity contribution is -0.134. The van der Waals surface area contributed by atoms with E-state index in [2.05, 4.69) is 110 Å². The van der Waals surface area contributed by atoms with Gasteiger partial charge in [0.1, 0.15) is 24.2 Å². The maximum atomic E-state index is 13.5. The number of hydrogen-bond donors (Lipinski definition) is 3. The number of hydrogen-bond acceptors (Lipinski definition) is 14. The number of aromatic nitrogens is 4. The first-order valence-electron chi connectivity index (χ1n) is 22.9. The summed E-state index contributed by atoms with van der Waals surface area (Å²) in [5, 5.41) is 9.92. The molecule has 0 bridgehead atoms. The number of carbonyl (C=O) groups is 2. The highest BCUT2D eigenvalue weighted by Gasteiger charge is 2.32. The van der Waals surface area contributed by atoms with Crippen LogP contribution in [0.2, 0.25) is 0 Å². The van der Waals surface area contributed by atoms with Crippen LogP contribution >= 0.6 is 23.1 Å². The molecule has 4 saturated heterocycles. The molecule has 5 aromatic rings. The SMILES string of the molecule is CCc1cc(Nc2ncc(Br)c(Nc3ccc4nccnc4c3P(C)(C)=O)n2)c(OC)cc1N1CCC(N2CCN(CC3CCN(c4ccc(C5CCC(=O)NC5=O)cc4)C3)CC2)CC1. The van der Waals surface area contributed by atoms with E-state index in [1.54, 1.807) is 39.0 Å². The highest BCUT2D eigenvalue weighted by Crippen LogP contribution is 2.42. The standard InChI is InChI=1S/C48H59BrN11O4P/c1-5-32-26-40(54-48-52-28-37(49)46(56-48)53-39-12-11-38-44(51-18-17-50-38)45(39)65(3,4)63)42(64-2)27-41(32)59-20-15-35(16-21-59)58-24-22-57(23-25-58)29-31-14-19-60(30-31)34-8-6-33(7-9-34)36-10-13-43(61)55-47(36)62/h6-9,11-12,17-18,26-28,31,35-36H,5,10,13-16,19-25,29-30H2,1-4H3,(H,55,61,62)(H2,52,53,54,56). The van der Waals surface area contributed by atoms with Crippen LogP contribution in [0.25, 0.3) is 11.0 Å². The van der Waals surface area contributed by atoms with E-state index in [9.17, 15) is 14.2 Å². The second-order valence-electron chi connectivity index (χ2n) is 18.2. The summed E-state index contributed by atoms with van der Waals surface area (Å²) in [4.78, 5) is 52.7. The Morgan fingerprint density at radius 2 is 1.62 bits per heavy atom. The van der Waals surface area contributed by atoms with Gasteiger partial charge >= 0.3 is 0 Å². The molecule has 2 aromatic heterocycles. The van der Waals surface area contributed by atoms with Crippen molar-refractivity contribution in [2.45, 2.75) is 57.4 Å². The molecule has 4 aliphatic rings. The van der Waals surface area contributed by atoms with Gasteiger partial charge in [0.2, 0.25) is 17.8 Å². The van der Waals surface area contributed by atoms with Crippen molar-refractivity contribution in [2.24, 2.45) is 5.92 Å². The molecule has 2 amide bonds. The van der Waals surface area contributed by atoms with Gasteiger partial charge in [0, 0.05) is 107 Å². The average Bonchev–Trinajstić information content (AvgIpc) is 3.78. The van der Waals surface area contributed by atoms with E-state index < -0.39 is 7.14 Å². The number of nitrogens with one attached hydrogen (secondary N) is 3. The first kappa shape index (κ1) is 45.0. The summed E-state index contributed by atoms with van der Waals surface area (Å²) >= 11 is 3.61. The van der Waals surface area contributed by atoms with Gasteiger partial charge in [-0.05, 0) is 109 Å². The molecule has 2 unspecified atom stereocenters. The highest BCUT2D eigenvalue weighted by atomic mass is 79.9. The van der Waals surface area contributed by atoms with Crippen LogP contribution < -0.4 is 35.8 Å². The third-order valence-electron chi connectivity index (χ3n) is 13.6. The van der Waals surface area contributed by atoms with Crippen LogP contribution in [0.5, 0.6) is 5.75 Å². The number of carbonyl (C=O) groups excluding carboxylic acids is 2.